The Bertz CT molecular complexity index is 759. The fraction of sp³-hybridized carbons (Fsp3) is 0.357. The van der Waals surface area contributed by atoms with Gasteiger partial charge in [-0.15, -0.1) is 0 Å². The van der Waals surface area contributed by atoms with Crippen LogP contribution in [0.2, 0.25) is 0 Å². The lowest BCUT2D eigenvalue weighted by atomic mass is 10.0. The molecule has 0 aliphatic carbocycles. The number of azide groups is 1. The van der Waals surface area contributed by atoms with Crippen LogP contribution in [0, 0.1) is 0 Å². The van der Waals surface area contributed by atoms with E-state index in [9.17, 15) is 27.6 Å². The van der Waals surface area contributed by atoms with Crippen molar-refractivity contribution in [2.75, 3.05) is 14.2 Å². The van der Waals surface area contributed by atoms with Crippen LogP contribution in [-0.4, -0.2) is 38.1 Å². The van der Waals surface area contributed by atoms with E-state index in [2.05, 4.69) is 19.5 Å². The average Bonchev–Trinajstić information content (AvgIpc) is 2.59. The smallest absolute Gasteiger partial charge is 0.417 e. The van der Waals surface area contributed by atoms with Crippen molar-refractivity contribution in [3.8, 4) is 0 Å². The number of amides is 1. The van der Waals surface area contributed by atoms with E-state index < -0.39 is 47.6 Å². The lowest BCUT2D eigenvalue weighted by Gasteiger charge is -2.18. The van der Waals surface area contributed by atoms with Gasteiger partial charge in [-0.1, -0.05) is 11.2 Å². The van der Waals surface area contributed by atoms with Crippen molar-refractivity contribution in [1.82, 2.24) is 5.32 Å². The molecule has 0 aliphatic rings. The van der Waals surface area contributed by atoms with Crippen LogP contribution in [0.15, 0.2) is 23.3 Å². The first kappa shape index (κ1) is 20.8. The van der Waals surface area contributed by atoms with E-state index >= 15 is 0 Å². The first-order valence-corrected chi connectivity index (χ1v) is 6.85. The molecule has 1 amide bonds. The summed E-state index contributed by atoms with van der Waals surface area (Å²) in [5.41, 5.74) is 5.76. The molecule has 0 saturated heterocycles. The summed E-state index contributed by atoms with van der Waals surface area (Å²) in [5.74, 6) is -3.19. The molecule has 1 rings (SSSR count). The molecule has 12 heteroatoms. The lowest BCUT2D eigenvalue weighted by Crippen LogP contribution is -2.43. The first-order valence-electron chi connectivity index (χ1n) is 6.85. The molecule has 0 spiro atoms. The molecule has 9 nitrogen and oxygen atoms in total. The normalized spacial score (nSPS) is 11.7. The zero-order valence-corrected chi connectivity index (χ0v) is 13.5. The largest absolute Gasteiger partial charge is 0.469 e. The number of benzene rings is 1. The number of ether oxygens (including phenoxy) is 2. The quantitative estimate of drug-likeness (QED) is 0.354. The van der Waals surface area contributed by atoms with E-state index in [-0.39, 0.29) is 5.69 Å². The monoisotopic (exact) mass is 374 g/mol. The Labute approximate surface area is 144 Å². The molecule has 26 heavy (non-hydrogen) atoms. The van der Waals surface area contributed by atoms with E-state index in [1.807, 2.05) is 5.32 Å². The van der Waals surface area contributed by atoms with Gasteiger partial charge in [0.05, 0.1) is 31.8 Å². The standard InChI is InChI=1S/C14H13F3N4O5/c1-25-11(22)6-10(13(24)26-2)19-12(23)8-4-3-7(20-21-18)5-9(8)14(15,16)17/h3-5,10H,6H2,1-2H3,(H,19,23)/t10-/m0/s1. The molecule has 0 aliphatic heterocycles. The topological polar surface area (TPSA) is 130 Å². The van der Waals surface area contributed by atoms with Crippen molar-refractivity contribution in [2.24, 2.45) is 5.11 Å². The summed E-state index contributed by atoms with van der Waals surface area (Å²) in [6.45, 7) is 0. The summed E-state index contributed by atoms with van der Waals surface area (Å²) in [6, 6.07) is 0.728. The van der Waals surface area contributed by atoms with Crippen LogP contribution >= 0.6 is 0 Å². The number of alkyl halides is 3. The molecule has 0 radical (unpaired) electrons. The lowest BCUT2D eigenvalue weighted by molar-refractivity contribution is -0.149. The first-order chi connectivity index (χ1) is 12.1. The van der Waals surface area contributed by atoms with E-state index in [0.717, 1.165) is 26.4 Å². The van der Waals surface area contributed by atoms with Crippen molar-refractivity contribution in [2.45, 2.75) is 18.6 Å². The Kier molecular flexibility index (Phi) is 6.96. The van der Waals surface area contributed by atoms with Gasteiger partial charge in [0.15, 0.2) is 0 Å². The molecule has 1 atom stereocenters. The third kappa shape index (κ3) is 5.38. The maximum atomic E-state index is 13.2. The summed E-state index contributed by atoms with van der Waals surface area (Å²) in [4.78, 5) is 37.5. The van der Waals surface area contributed by atoms with Gasteiger partial charge in [0, 0.05) is 10.6 Å². The second kappa shape index (κ2) is 8.72. The minimum absolute atomic E-state index is 0.351. The van der Waals surface area contributed by atoms with Gasteiger partial charge in [-0.05, 0) is 17.7 Å². The van der Waals surface area contributed by atoms with Gasteiger partial charge >= 0.3 is 18.1 Å². The molecule has 0 aromatic heterocycles. The highest BCUT2D eigenvalue weighted by atomic mass is 19.4. The van der Waals surface area contributed by atoms with Crippen LogP contribution in [0.25, 0.3) is 10.4 Å². The predicted octanol–water partition coefficient (Wildman–Crippen LogP) is 2.48. The van der Waals surface area contributed by atoms with E-state index in [1.165, 1.54) is 0 Å². The number of hydrogen-bond acceptors (Lipinski definition) is 6. The highest BCUT2D eigenvalue weighted by molar-refractivity contribution is 5.99. The van der Waals surface area contributed by atoms with E-state index in [1.54, 1.807) is 0 Å². The fourth-order valence-corrected chi connectivity index (χ4v) is 1.90. The van der Waals surface area contributed by atoms with Gasteiger partial charge in [0.2, 0.25) is 0 Å². The molecular formula is C14H13F3N4O5. The Hall–Kier alpha value is -3.27. The molecule has 0 unspecified atom stereocenters. The number of nitrogens with zero attached hydrogens (tertiary/aromatic N) is 3. The highest BCUT2D eigenvalue weighted by Gasteiger charge is 2.36. The second-order valence-electron chi connectivity index (χ2n) is 4.75. The molecule has 0 heterocycles. The maximum absolute atomic E-state index is 13.2. The number of halogens is 3. The Morgan fingerprint density at radius 3 is 2.42 bits per heavy atom. The Balaban J connectivity index is 3.23. The Morgan fingerprint density at radius 1 is 1.27 bits per heavy atom. The van der Waals surface area contributed by atoms with Gasteiger partial charge in [-0.2, -0.15) is 13.2 Å². The van der Waals surface area contributed by atoms with Crippen LogP contribution in [0.5, 0.6) is 0 Å². The molecule has 0 saturated carbocycles. The molecule has 1 N–H and O–H groups in total. The van der Waals surface area contributed by atoms with Crippen LogP contribution in [-0.2, 0) is 25.2 Å². The molecular weight excluding hydrogens is 361 g/mol. The number of nitrogens with one attached hydrogen (secondary N) is 1. The molecule has 0 fully saturated rings. The number of hydrogen-bond donors (Lipinski definition) is 1. The number of rotatable bonds is 6. The molecule has 140 valence electrons. The number of carbonyl (C=O) groups is 3. The zero-order valence-electron chi connectivity index (χ0n) is 13.5. The second-order valence-corrected chi connectivity index (χ2v) is 4.75. The van der Waals surface area contributed by atoms with Crippen LogP contribution in [0.4, 0.5) is 18.9 Å². The maximum Gasteiger partial charge on any atom is 0.417 e. The highest BCUT2D eigenvalue weighted by Crippen LogP contribution is 2.34. The minimum Gasteiger partial charge on any atom is -0.469 e. The average molecular weight is 374 g/mol. The van der Waals surface area contributed by atoms with Gasteiger partial charge in [-0.25, -0.2) is 4.79 Å². The summed E-state index contributed by atoms with van der Waals surface area (Å²) >= 11 is 0. The number of esters is 2. The Morgan fingerprint density at radius 2 is 1.92 bits per heavy atom. The van der Waals surface area contributed by atoms with Crippen molar-refractivity contribution in [3.63, 3.8) is 0 Å². The van der Waals surface area contributed by atoms with Crippen molar-refractivity contribution in [3.05, 3.63) is 39.8 Å². The summed E-state index contributed by atoms with van der Waals surface area (Å²) in [5, 5.41) is 5.04. The third-order valence-electron chi connectivity index (χ3n) is 3.10. The number of methoxy groups -OCH3 is 2. The fourth-order valence-electron chi connectivity index (χ4n) is 1.90. The van der Waals surface area contributed by atoms with Gasteiger partial charge in [0.25, 0.3) is 5.91 Å². The SMILES string of the molecule is COC(=O)C[C@H](NC(=O)c1ccc(N=[N+]=[N-])cc1C(F)(F)F)C(=O)OC. The van der Waals surface area contributed by atoms with Gasteiger partial charge < -0.3 is 14.8 Å². The van der Waals surface area contributed by atoms with Crippen LogP contribution in [0.3, 0.4) is 0 Å². The van der Waals surface area contributed by atoms with Crippen molar-refractivity contribution >= 4 is 23.5 Å². The molecule has 1 aromatic rings. The van der Waals surface area contributed by atoms with Crippen molar-refractivity contribution < 1.29 is 37.0 Å². The van der Waals surface area contributed by atoms with Crippen LogP contribution in [0.1, 0.15) is 22.3 Å². The third-order valence-corrected chi connectivity index (χ3v) is 3.10. The zero-order chi connectivity index (χ0) is 19.9. The minimum atomic E-state index is -4.93. The summed E-state index contributed by atoms with van der Waals surface area (Å²) < 4.78 is 48.3. The van der Waals surface area contributed by atoms with Crippen LogP contribution < -0.4 is 5.32 Å². The van der Waals surface area contributed by atoms with E-state index in [4.69, 9.17) is 5.53 Å². The van der Waals surface area contributed by atoms with Gasteiger partial charge in [0.1, 0.15) is 6.04 Å². The van der Waals surface area contributed by atoms with Crippen molar-refractivity contribution in [1.29, 1.82) is 0 Å². The summed E-state index contributed by atoms with van der Waals surface area (Å²) in [6.07, 6.45) is -5.57. The molecule has 1 aromatic carbocycles. The molecule has 0 bridgehead atoms. The predicted molar refractivity (Wildman–Crippen MR) is 80.2 cm³/mol. The van der Waals surface area contributed by atoms with Gasteiger partial charge in [-0.3, -0.25) is 9.59 Å². The summed E-state index contributed by atoms with van der Waals surface area (Å²) in [7, 11) is 2.02. The number of carbonyl (C=O) groups excluding carboxylic acids is 3. The van der Waals surface area contributed by atoms with E-state index in [0.29, 0.717) is 6.07 Å².